The molecular formula is C11H25N3. The molecule has 2 unspecified atom stereocenters. The van der Waals surface area contributed by atoms with Crippen LogP contribution in [-0.2, 0) is 0 Å². The summed E-state index contributed by atoms with van der Waals surface area (Å²) in [6, 6.07) is 0.490. The lowest BCUT2D eigenvalue weighted by Gasteiger charge is -2.36. The maximum atomic E-state index is 7.34. The minimum atomic E-state index is 0.143. The van der Waals surface area contributed by atoms with Crippen LogP contribution in [0.25, 0.3) is 0 Å². The van der Waals surface area contributed by atoms with Crippen LogP contribution in [0.4, 0.5) is 0 Å². The van der Waals surface area contributed by atoms with Gasteiger partial charge < -0.3 is 10.6 Å². The normalized spacial score (nSPS) is 16.8. The van der Waals surface area contributed by atoms with Crippen molar-refractivity contribution < 1.29 is 0 Å². The van der Waals surface area contributed by atoms with Gasteiger partial charge in [0.05, 0.1) is 5.84 Å². The molecule has 14 heavy (non-hydrogen) atoms. The minimum absolute atomic E-state index is 0.143. The van der Waals surface area contributed by atoms with Gasteiger partial charge in [0.25, 0.3) is 0 Å². The lowest BCUT2D eigenvalue weighted by Crippen LogP contribution is -2.43. The van der Waals surface area contributed by atoms with E-state index < -0.39 is 0 Å². The summed E-state index contributed by atoms with van der Waals surface area (Å²) in [5.74, 6) is 0.419. The fourth-order valence-corrected chi connectivity index (χ4v) is 1.35. The molecule has 0 aromatic carbocycles. The van der Waals surface area contributed by atoms with Crippen molar-refractivity contribution in [3.8, 4) is 0 Å². The monoisotopic (exact) mass is 199 g/mol. The van der Waals surface area contributed by atoms with E-state index in [4.69, 9.17) is 11.1 Å². The quantitative estimate of drug-likeness (QED) is 0.537. The summed E-state index contributed by atoms with van der Waals surface area (Å²) in [4.78, 5) is 2.27. The van der Waals surface area contributed by atoms with Crippen LogP contribution in [-0.4, -0.2) is 30.4 Å². The number of hydrogen-bond acceptors (Lipinski definition) is 2. The highest BCUT2D eigenvalue weighted by molar-refractivity contribution is 5.79. The predicted octanol–water partition coefficient (Wildman–Crippen LogP) is 1.92. The average Bonchev–Trinajstić information content (AvgIpc) is 2.00. The van der Waals surface area contributed by atoms with Crippen molar-refractivity contribution in [2.24, 2.45) is 17.1 Å². The number of nitrogens with two attached hydrogens (primary N) is 1. The summed E-state index contributed by atoms with van der Waals surface area (Å²) in [5, 5.41) is 7.34. The van der Waals surface area contributed by atoms with Gasteiger partial charge >= 0.3 is 0 Å². The van der Waals surface area contributed by atoms with Crippen LogP contribution in [0.1, 0.15) is 34.6 Å². The standard InChI is InChI=1S/C11H25N3/c1-8(10(12)13)7-14(6)9(2)11(3,4)5/h8-9H,7H2,1-6H3,(H3,12,13). The zero-order chi connectivity index (χ0) is 11.5. The molecule has 0 saturated heterocycles. The molecule has 0 radical (unpaired) electrons. The Morgan fingerprint density at radius 3 is 2.07 bits per heavy atom. The third-order valence-electron chi connectivity index (χ3n) is 3.01. The summed E-state index contributed by atoms with van der Waals surface area (Å²) in [5.41, 5.74) is 5.72. The van der Waals surface area contributed by atoms with Crippen molar-refractivity contribution in [3.05, 3.63) is 0 Å². The highest BCUT2D eigenvalue weighted by atomic mass is 15.1. The fourth-order valence-electron chi connectivity index (χ4n) is 1.35. The average molecular weight is 199 g/mol. The first-order chi connectivity index (χ1) is 6.16. The second-order valence-corrected chi connectivity index (χ2v) is 5.34. The molecule has 84 valence electrons. The van der Waals surface area contributed by atoms with Gasteiger partial charge in [-0.2, -0.15) is 0 Å². The summed E-state index contributed by atoms with van der Waals surface area (Å²) >= 11 is 0. The number of rotatable bonds is 4. The zero-order valence-corrected chi connectivity index (χ0v) is 10.4. The maximum Gasteiger partial charge on any atom is 0.0947 e. The van der Waals surface area contributed by atoms with Crippen LogP contribution in [0.5, 0.6) is 0 Å². The number of nitrogens with one attached hydrogen (secondary N) is 1. The molecule has 3 heteroatoms. The topological polar surface area (TPSA) is 53.1 Å². The number of amidine groups is 1. The van der Waals surface area contributed by atoms with Gasteiger partial charge in [0, 0.05) is 18.5 Å². The first kappa shape index (κ1) is 13.4. The van der Waals surface area contributed by atoms with Crippen molar-refractivity contribution in [1.29, 1.82) is 5.41 Å². The first-order valence-electron chi connectivity index (χ1n) is 5.20. The van der Waals surface area contributed by atoms with E-state index in [0.717, 1.165) is 6.54 Å². The van der Waals surface area contributed by atoms with Crippen LogP contribution in [0, 0.1) is 16.7 Å². The molecule has 2 atom stereocenters. The van der Waals surface area contributed by atoms with Crippen molar-refractivity contribution in [2.45, 2.75) is 40.7 Å². The Bertz CT molecular complexity index is 193. The van der Waals surface area contributed by atoms with Crippen LogP contribution >= 0.6 is 0 Å². The molecular weight excluding hydrogens is 174 g/mol. The Labute approximate surface area is 88.2 Å². The third kappa shape index (κ3) is 4.09. The smallest absolute Gasteiger partial charge is 0.0947 e. The van der Waals surface area contributed by atoms with Gasteiger partial charge in [-0.15, -0.1) is 0 Å². The van der Waals surface area contributed by atoms with Gasteiger partial charge in [0.15, 0.2) is 0 Å². The Morgan fingerprint density at radius 1 is 1.36 bits per heavy atom. The molecule has 0 rings (SSSR count). The molecule has 0 aromatic heterocycles. The van der Waals surface area contributed by atoms with Gasteiger partial charge in [0.1, 0.15) is 0 Å². The van der Waals surface area contributed by atoms with Crippen LogP contribution in [0.3, 0.4) is 0 Å². The van der Waals surface area contributed by atoms with Crippen molar-refractivity contribution in [3.63, 3.8) is 0 Å². The molecule has 0 saturated carbocycles. The Hall–Kier alpha value is -0.570. The van der Waals surface area contributed by atoms with E-state index in [-0.39, 0.29) is 17.2 Å². The number of nitrogens with zero attached hydrogens (tertiary/aromatic N) is 1. The van der Waals surface area contributed by atoms with E-state index in [1.54, 1.807) is 0 Å². The van der Waals surface area contributed by atoms with Gasteiger partial charge in [0.2, 0.25) is 0 Å². The van der Waals surface area contributed by atoms with E-state index in [2.05, 4.69) is 39.6 Å². The Kier molecular flexibility index (Phi) is 4.59. The van der Waals surface area contributed by atoms with E-state index in [1.807, 2.05) is 6.92 Å². The second kappa shape index (κ2) is 4.78. The molecule has 0 fully saturated rings. The second-order valence-electron chi connectivity index (χ2n) is 5.34. The predicted molar refractivity (Wildman–Crippen MR) is 62.6 cm³/mol. The third-order valence-corrected chi connectivity index (χ3v) is 3.01. The summed E-state index contributed by atoms with van der Waals surface area (Å²) in [7, 11) is 2.09. The van der Waals surface area contributed by atoms with Gasteiger partial charge in [-0.05, 0) is 19.4 Å². The minimum Gasteiger partial charge on any atom is -0.387 e. The van der Waals surface area contributed by atoms with Crippen LogP contribution in [0.15, 0.2) is 0 Å². The maximum absolute atomic E-state index is 7.34. The van der Waals surface area contributed by atoms with Gasteiger partial charge in [-0.3, -0.25) is 5.41 Å². The molecule has 3 N–H and O–H groups in total. The zero-order valence-electron chi connectivity index (χ0n) is 10.4. The summed E-state index contributed by atoms with van der Waals surface area (Å²) in [6.07, 6.45) is 0. The molecule has 0 aliphatic rings. The first-order valence-corrected chi connectivity index (χ1v) is 5.20. The van der Waals surface area contributed by atoms with E-state index in [1.165, 1.54) is 0 Å². The van der Waals surface area contributed by atoms with Crippen LogP contribution in [0.2, 0.25) is 0 Å². The Balaban J connectivity index is 4.21. The van der Waals surface area contributed by atoms with Crippen molar-refractivity contribution >= 4 is 5.84 Å². The SMILES string of the molecule is CC(CN(C)C(C)C(C)(C)C)C(=N)N. The van der Waals surface area contributed by atoms with Crippen molar-refractivity contribution in [2.75, 3.05) is 13.6 Å². The van der Waals surface area contributed by atoms with Crippen molar-refractivity contribution in [1.82, 2.24) is 4.90 Å². The summed E-state index contributed by atoms with van der Waals surface area (Å²) in [6.45, 7) is 11.8. The molecule has 0 aliphatic carbocycles. The molecule has 0 aromatic rings. The molecule has 0 bridgehead atoms. The molecule has 3 nitrogen and oxygen atoms in total. The Morgan fingerprint density at radius 2 is 1.79 bits per heavy atom. The molecule has 0 heterocycles. The van der Waals surface area contributed by atoms with E-state index in [0.29, 0.717) is 6.04 Å². The lowest BCUT2D eigenvalue weighted by atomic mass is 9.87. The van der Waals surface area contributed by atoms with Crippen LogP contribution < -0.4 is 5.73 Å². The van der Waals surface area contributed by atoms with E-state index in [9.17, 15) is 0 Å². The van der Waals surface area contributed by atoms with E-state index >= 15 is 0 Å². The fraction of sp³-hybridized carbons (Fsp3) is 0.909. The summed E-state index contributed by atoms with van der Waals surface area (Å²) < 4.78 is 0. The highest BCUT2D eigenvalue weighted by Crippen LogP contribution is 2.23. The molecule has 0 spiro atoms. The lowest BCUT2D eigenvalue weighted by molar-refractivity contribution is 0.134. The van der Waals surface area contributed by atoms with Gasteiger partial charge in [-0.1, -0.05) is 27.7 Å². The molecule has 0 aliphatic heterocycles. The largest absolute Gasteiger partial charge is 0.387 e. The number of hydrogen-bond donors (Lipinski definition) is 2. The highest BCUT2D eigenvalue weighted by Gasteiger charge is 2.24. The van der Waals surface area contributed by atoms with Gasteiger partial charge in [-0.25, -0.2) is 0 Å². The molecule has 0 amide bonds.